The maximum Gasteiger partial charge on any atom is 0.0460 e. The third-order valence-electron chi connectivity index (χ3n) is 1.98. The Morgan fingerprint density at radius 2 is 2.15 bits per heavy atom. The van der Waals surface area contributed by atoms with Crippen molar-refractivity contribution < 1.29 is 0 Å². The van der Waals surface area contributed by atoms with E-state index in [1.807, 2.05) is 30.5 Å². The Kier molecular flexibility index (Phi) is 1.96. The Hall–Kier alpha value is -1.83. The summed E-state index contributed by atoms with van der Waals surface area (Å²) < 4.78 is 0. The monoisotopic (exact) mass is 170 g/mol. The number of rotatable bonds is 2. The maximum atomic E-state index is 3.67. The van der Waals surface area contributed by atoms with Gasteiger partial charge in [0, 0.05) is 28.9 Å². The summed E-state index contributed by atoms with van der Waals surface area (Å²) in [7, 11) is 0. The molecule has 0 fully saturated rings. The number of hydrogen-bond donors (Lipinski definition) is 1. The van der Waals surface area contributed by atoms with E-state index in [1.54, 1.807) is 6.20 Å². The number of aromatic nitrogens is 1. The Labute approximate surface area is 76.6 Å². The molecular formula is C11H10N2. The van der Waals surface area contributed by atoms with Crippen molar-refractivity contribution in [2.24, 2.45) is 4.99 Å². The highest BCUT2D eigenvalue weighted by molar-refractivity contribution is 5.88. The van der Waals surface area contributed by atoms with Crippen molar-refractivity contribution in [1.82, 2.24) is 4.98 Å². The topological polar surface area (TPSA) is 28.1 Å². The van der Waals surface area contributed by atoms with Crippen LogP contribution in [0.25, 0.3) is 17.0 Å². The number of H-pyrrole nitrogens is 1. The summed E-state index contributed by atoms with van der Waals surface area (Å²) in [5.41, 5.74) is 2.29. The van der Waals surface area contributed by atoms with Gasteiger partial charge in [-0.3, -0.25) is 4.99 Å². The molecule has 0 unspecified atom stereocenters. The predicted molar refractivity (Wildman–Crippen MR) is 56.9 cm³/mol. The number of benzene rings is 1. The van der Waals surface area contributed by atoms with E-state index >= 15 is 0 Å². The minimum Gasteiger partial charge on any atom is -0.361 e. The summed E-state index contributed by atoms with van der Waals surface area (Å²) in [5.74, 6) is 0. The molecule has 0 amide bonds. The Morgan fingerprint density at radius 1 is 1.31 bits per heavy atom. The molecule has 13 heavy (non-hydrogen) atoms. The van der Waals surface area contributed by atoms with Gasteiger partial charge in [0.25, 0.3) is 0 Å². The summed E-state index contributed by atoms with van der Waals surface area (Å²) >= 11 is 0. The average molecular weight is 170 g/mol. The van der Waals surface area contributed by atoms with Crippen molar-refractivity contribution in [1.29, 1.82) is 0 Å². The molecule has 1 aromatic heterocycles. The Bertz CT molecular complexity index is 452. The lowest BCUT2D eigenvalue weighted by atomic mass is 10.2. The van der Waals surface area contributed by atoms with Crippen LogP contribution >= 0.6 is 0 Å². The first kappa shape index (κ1) is 7.80. The minimum absolute atomic E-state index is 1.14. The van der Waals surface area contributed by atoms with Crippen LogP contribution in [0.4, 0.5) is 0 Å². The zero-order valence-corrected chi connectivity index (χ0v) is 7.20. The van der Waals surface area contributed by atoms with Crippen LogP contribution in [0, 0.1) is 0 Å². The van der Waals surface area contributed by atoms with Gasteiger partial charge in [-0.2, -0.15) is 0 Å². The number of nitrogens with zero attached hydrogens (tertiary/aromatic N) is 1. The highest BCUT2D eigenvalue weighted by Gasteiger charge is 1.97. The second kappa shape index (κ2) is 3.27. The summed E-state index contributed by atoms with van der Waals surface area (Å²) in [6, 6.07) is 8.16. The molecule has 0 aliphatic heterocycles. The molecule has 0 atom stereocenters. The van der Waals surface area contributed by atoms with E-state index in [1.165, 1.54) is 5.39 Å². The highest BCUT2D eigenvalue weighted by atomic mass is 14.7. The first-order valence-corrected chi connectivity index (χ1v) is 4.10. The van der Waals surface area contributed by atoms with Gasteiger partial charge in [-0.25, -0.2) is 0 Å². The van der Waals surface area contributed by atoms with Gasteiger partial charge in [-0.05, 0) is 18.9 Å². The second-order valence-corrected chi connectivity index (χ2v) is 2.79. The van der Waals surface area contributed by atoms with Crippen LogP contribution in [0.3, 0.4) is 0 Å². The zero-order valence-electron chi connectivity index (χ0n) is 7.20. The van der Waals surface area contributed by atoms with Crippen LogP contribution in [-0.4, -0.2) is 11.7 Å². The number of aliphatic imine (C=N–C) groups is 1. The maximum absolute atomic E-state index is 3.67. The van der Waals surface area contributed by atoms with Crippen LogP contribution in [0.15, 0.2) is 41.7 Å². The van der Waals surface area contributed by atoms with E-state index < -0.39 is 0 Å². The van der Waals surface area contributed by atoms with Crippen molar-refractivity contribution in [2.75, 3.05) is 0 Å². The SMILES string of the molecule is C=NC=Cc1c[nH]c2ccccc12. The average Bonchev–Trinajstić information content (AvgIpc) is 2.58. The van der Waals surface area contributed by atoms with Crippen molar-refractivity contribution in [2.45, 2.75) is 0 Å². The number of fused-ring (bicyclic) bond motifs is 1. The molecule has 0 aliphatic rings. The van der Waals surface area contributed by atoms with Crippen molar-refractivity contribution in [3.8, 4) is 0 Å². The van der Waals surface area contributed by atoms with Crippen molar-refractivity contribution in [3.05, 3.63) is 42.2 Å². The van der Waals surface area contributed by atoms with E-state index in [9.17, 15) is 0 Å². The lowest BCUT2D eigenvalue weighted by Crippen LogP contribution is -1.66. The number of hydrogen-bond acceptors (Lipinski definition) is 1. The number of aromatic amines is 1. The Balaban J connectivity index is 2.57. The molecule has 0 saturated carbocycles. The van der Waals surface area contributed by atoms with Crippen LogP contribution < -0.4 is 0 Å². The molecule has 2 heteroatoms. The first-order valence-electron chi connectivity index (χ1n) is 4.10. The number of nitrogens with one attached hydrogen (secondary N) is 1. The largest absolute Gasteiger partial charge is 0.361 e. The molecule has 0 bridgehead atoms. The van der Waals surface area contributed by atoms with Crippen LogP contribution in [0.5, 0.6) is 0 Å². The number of para-hydroxylation sites is 1. The highest BCUT2D eigenvalue weighted by Crippen LogP contribution is 2.18. The smallest absolute Gasteiger partial charge is 0.0460 e. The van der Waals surface area contributed by atoms with Gasteiger partial charge < -0.3 is 4.98 Å². The first-order chi connectivity index (χ1) is 6.42. The standard InChI is InChI=1S/C11H10N2/c1-12-7-6-9-8-13-11-5-3-2-4-10(9)11/h2-8,13H,1H2. The minimum atomic E-state index is 1.14. The summed E-state index contributed by atoms with van der Waals surface area (Å²) in [6.45, 7) is 3.39. The summed E-state index contributed by atoms with van der Waals surface area (Å²) in [6.07, 6.45) is 5.59. The van der Waals surface area contributed by atoms with Crippen molar-refractivity contribution in [3.63, 3.8) is 0 Å². The Morgan fingerprint density at radius 3 is 3.00 bits per heavy atom. The van der Waals surface area contributed by atoms with E-state index in [0.29, 0.717) is 0 Å². The molecule has 1 heterocycles. The fourth-order valence-electron chi connectivity index (χ4n) is 1.36. The zero-order chi connectivity index (χ0) is 9.10. The third-order valence-corrected chi connectivity index (χ3v) is 1.98. The van der Waals surface area contributed by atoms with Gasteiger partial charge in [0.15, 0.2) is 0 Å². The molecule has 0 radical (unpaired) electrons. The summed E-state index contributed by atoms with van der Waals surface area (Å²) in [5, 5.41) is 1.21. The van der Waals surface area contributed by atoms with E-state index in [-0.39, 0.29) is 0 Å². The summed E-state index contributed by atoms with van der Waals surface area (Å²) in [4.78, 5) is 6.86. The molecule has 0 saturated heterocycles. The van der Waals surface area contributed by atoms with E-state index in [4.69, 9.17) is 0 Å². The molecule has 64 valence electrons. The quantitative estimate of drug-likeness (QED) is 0.671. The molecular weight excluding hydrogens is 160 g/mol. The van der Waals surface area contributed by atoms with E-state index in [0.717, 1.165) is 11.1 Å². The molecule has 1 N–H and O–H groups in total. The molecule has 2 aromatic rings. The lowest BCUT2D eigenvalue weighted by molar-refractivity contribution is 1.47. The van der Waals surface area contributed by atoms with Gasteiger partial charge in [0.2, 0.25) is 0 Å². The van der Waals surface area contributed by atoms with Crippen LogP contribution in [-0.2, 0) is 0 Å². The molecule has 2 nitrogen and oxygen atoms in total. The van der Waals surface area contributed by atoms with Crippen LogP contribution in [0.2, 0.25) is 0 Å². The normalized spacial score (nSPS) is 11.1. The van der Waals surface area contributed by atoms with E-state index in [2.05, 4.69) is 22.8 Å². The van der Waals surface area contributed by atoms with Gasteiger partial charge in [0.1, 0.15) is 0 Å². The van der Waals surface area contributed by atoms with Gasteiger partial charge in [0.05, 0.1) is 0 Å². The molecule has 2 rings (SSSR count). The second-order valence-electron chi connectivity index (χ2n) is 2.79. The van der Waals surface area contributed by atoms with Crippen LogP contribution in [0.1, 0.15) is 5.56 Å². The fraction of sp³-hybridized carbons (Fsp3) is 0. The lowest BCUT2D eigenvalue weighted by Gasteiger charge is -1.88. The fourth-order valence-corrected chi connectivity index (χ4v) is 1.36. The van der Waals surface area contributed by atoms with Gasteiger partial charge >= 0.3 is 0 Å². The molecule has 0 aliphatic carbocycles. The van der Waals surface area contributed by atoms with Gasteiger partial charge in [-0.15, -0.1) is 0 Å². The predicted octanol–water partition coefficient (Wildman–Crippen LogP) is 2.84. The van der Waals surface area contributed by atoms with Crippen molar-refractivity contribution >= 4 is 23.7 Å². The third kappa shape index (κ3) is 1.38. The molecule has 0 spiro atoms. The molecule has 1 aromatic carbocycles. The van der Waals surface area contributed by atoms with Gasteiger partial charge in [-0.1, -0.05) is 18.2 Å².